The first-order chi connectivity index (χ1) is 7.17. The van der Waals surface area contributed by atoms with Crippen LogP contribution in [-0.2, 0) is 0 Å². The van der Waals surface area contributed by atoms with E-state index < -0.39 is 11.9 Å². The van der Waals surface area contributed by atoms with Crippen molar-refractivity contribution < 1.29 is 19.3 Å². The molecule has 0 aliphatic carbocycles. The van der Waals surface area contributed by atoms with Gasteiger partial charge in [-0.05, 0) is 12.1 Å². The molecule has 1 aromatic carbocycles. The van der Waals surface area contributed by atoms with Crippen LogP contribution < -0.4 is 10.1 Å². The summed E-state index contributed by atoms with van der Waals surface area (Å²) in [6.07, 6.45) is -0.832. The third kappa shape index (κ3) is 3.38. The summed E-state index contributed by atoms with van der Waals surface area (Å²) in [6.45, 7) is -0.114. The van der Waals surface area contributed by atoms with Crippen LogP contribution in [0.3, 0.4) is 0 Å². The van der Waals surface area contributed by atoms with Gasteiger partial charge in [0.05, 0.1) is 19.8 Å². The van der Waals surface area contributed by atoms with Gasteiger partial charge in [0.25, 0.3) is 0 Å². The second kappa shape index (κ2) is 5.53. The summed E-state index contributed by atoms with van der Waals surface area (Å²) >= 11 is 0. The first-order valence-electron chi connectivity index (χ1n) is 4.53. The van der Waals surface area contributed by atoms with Gasteiger partial charge in [-0.15, -0.1) is 0 Å². The lowest BCUT2D eigenvalue weighted by molar-refractivity contribution is 0.105. The van der Waals surface area contributed by atoms with Crippen molar-refractivity contribution in [3.8, 4) is 5.75 Å². The number of nitrogens with one attached hydrogen (secondary N) is 1. The van der Waals surface area contributed by atoms with Crippen molar-refractivity contribution in [2.24, 2.45) is 0 Å². The predicted octanol–water partition coefficient (Wildman–Crippen LogP) is 0.599. The molecule has 0 aromatic heterocycles. The second-order valence-corrected chi connectivity index (χ2v) is 3.07. The first kappa shape index (κ1) is 11.7. The molecule has 84 valence electrons. The minimum absolute atomic E-state index is 0.137. The summed E-state index contributed by atoms with van der Waals surface area (Å²) in [5.74, 6) is -0.302. The summed E-state index contributed by atoms with van der Waals surface area (Å²) in [6, 6.07) is 4.29. The fourth-order valence-electron chi connectivity index (χ4n) is 1.07. The Balaban J connectivity index is 2.62. The van der Waals surface area contributed by atoms with Crippen LogP contribution in [0.4, 0.5) is 10.1 Å². The standard InChI is InChI=1S/C10H14FNO3/c1-15-10-4-7(2-3-9(10)11)12-5-8(14)6-13/h2-4,8,12-14H,5-6H2,1H3/t8-/m0/s1. The van der Waals surface area contributed by atoms with Gasteiger partial charge in [-0.25, -0.2) is 4.39 Å². The van der Waals surface area contributed by atoms with Crippen LogP contribution in [0.5, 0.6) is 5.75 Å². The van der Waals surface area contributed by atoms with Crippen LogP contribution in [-0.4, -0.2) is 36.6 Å². The Kier molecular flexibility index (Phi) is 4.33. The summed E-state index contributed by atoms with van der Waals surface area (Å²) < 4.78 is 17.8. The molecule has 3 N–H and O–H groups in total. The molecule has 0 saturated carbocycles. The molecule has 5 heteroatoms. The quantitative estimate of drug-likeness (QED) is 0.673. The van der Waals surface area contributed by atoms with Crippen molar-refractivity contribution in [2.75, 3.05) is 25.6 Å². The van der Waals surface area contributed by atoms with E-state index in [2.05, 4.69) is 5.32 Å². The molecule has 0 saturated heterocycles. The maximum atomic E-state index is 13.0. The highest BCUT2D eigenvalue weighted by Crippen LogP contribution is 2.21. The summed E-state index contributed by atoms with van der Waals surface area (Å²) in [5, 5.41) is 20.5. The zero-order valence-electron chi connectivity index (χ0n) is 8.40. The Bertz CT molecular complexity index is 320. The van der Waals surface area contributed by atoms with Crippen molar-refractivity contribution in [3.05, 3.63) is 24.0 Å². The van der Waals surface area contributed by atoms with Gasteiger partial charge in [0.1, 0.15) is 0 Å². The van der Waals surface area contributed by atoms with E-state index in [4.69, 9.17) is 14.9 Å². The molecule has 0 heterocycles. The minimum Gasteiger partial charge on any atom is -0.494 e. The Labute approximate surface area is 87.3 Å². The number of hydrogen-bond donors (Lipinski definition) is 3. The molecule has 0 amide bonds. The number of methoxy groups -OCH3 is 1. The Morgan fingerprint density at radius 2 is 2.27 bits per heavy atom. The van der Waals surface area contributed by atoms with Crippen molar-refractivity contribution >= 4 is 5.69 Å². The molecule has 0 fully saturated rings. The fourth-order valence-corrected chi connectivity index (χ4v) is 1.07. The molecule has 0 bridgehead atoms. The van der Waals surface area contributed by atoms with Gasteiger partial charge in [0.2, 0.25) is 0 Å². The number of aliphatic hydroxyl groups excluding tert-OH is 2. The van der Waals surface area contributed by atoms with E-state index >= 15 is 0 Å². The van der Waals surface area contributed by atoms with Gasteiger partial charge >= 0.3 is 0 Å². The fraction of sp³-hybridized carbons (Fsp3) is 0.400. The van der Waals surface area contributed by atoms with Crippen LogP contribution in [0.25, 0.3) is 0 Å². The van der Waals surface area contributed by atoms with Gasteiger partial charge < -0.3 is 20.3 Å². The number of aliphatic hydroxyl groups is 2. The molecule has 1 atom stereocenters. The average molecular weight is 215 g/mol. The maximum absolute atomic E-state index is 13.0. The monoisotopic (exact) mass is 215 g/mol. The molecule has 4 nitrogen and oxygen atoms in total. The molecular weight excluding hydrogens is 201 g/mol. The molecule has 1 aromatic rings. The third-order valence-electron chi connectivity index (χ3n) is 1.90. The number of halogens is 1. The van der Waals surface area contributed by atoms with Crippen LogP contribution in [0.2, 0.25) is 0 Å². The molecule has 15 heavy (non-hydrogen) atoms. The third-order valence-corrected chi connectivity index (χ3v) is 1.90. The molecular formula is C10H14FNO3. The normalized spacial score (nSPS) is 12.3. The van der Waals surface area contributed by atoms with E-state index in [1.807, 2.05) is 0 Å². The molecule has 1 rings (SSSR count). The predicted molar refractivity (Wildman–Crippen MR) is 54.5 cm³/mol. The van der Waals surface area contributed by atoms with Crippen LogP contribution in [0.1, 0.15) is 0 Å². The maximum Gasteiger partial charge on any atom is 0.165 e. The van der Waals surface area contributed by atoms with Gasteiger partial charge in [0, 0.05) is 18.3 Å². The highest BCUT2D eigenvalue weighted by atomic mass is 19.1. The highest BCUT2D eigenvalue weighted by Gasteiger charge is 2.05. The lowest BCUT2D eigenvalue weighted by Crippen LogP contribution is -2.22. The topological polar surface area (TPSA) is 61.7 Å². The average Bonchev–Trinajstić information content (AvgIpc) is 2.27. The summed E-state index contributed by atoms with van der Waals surface area (Å²) in [5.41, 5.74) is 0.626. The number of benzene rings is 1. The molecule has 0 unspecified atom stereocenters. The van der Waals surface area contributed by atoms with Crippen molar-refractivity contribution in [2.45, 2.75) is 6.10 Å². The summed E-state index contributed by atoms with van der Waals surface area (Å²) in [7, 11) is 1.38. The molecule has 0 aliphatic rings. The van der Waals surface area contributed by atoms with E-state index in [9.17, 15) is 4.39 Å². The van der Waals surface area contributed by atoms with Gasteiger partial charge in [0.15, 0.2) is 11.6 Å². The van der Waals surface area contributed by atoms with Crippen molar-refractivity contribution in [1.82, 2.24) is 0 Å². The zero-order chi connectivity index (χ0) is 11.3. The highest BCUT2D eigenvalue weighted by molar-refractivity contribution is 5.48. The number of rotatable bonds is 5. The van der Waals surface area contributed by atoms with Crippen LogP contribution in [0.15, 0.2) is 18.2 Å². The molecule has 0 spiro atoms. The van der Waals surface area contributed by atoms with E-state index in [1.165, 1.54) is 25.3 Å². The van der Waals surface area contributed by atoms with E-state index in [-0.39, 0.29) is 18.9 Å². The van der Waals surface area contributed by atoms with Gasteiger partial charge in [-0.1, -0.05) is 0 Å². The van der Waals surface area contributed by atoms with E-state index in [0.29, 0.717) is 5.69 Å². The van der Waals surface area contributed by atoms with E-state index in [1.54, 1.807) is 0 Å². The zero-order valence-corrected chi connectivity index (χ0v) is 8.40. The lowest BCUT2D eigenvalue weighted by atomic mass is 10.2. The Morgan fingerprint density at radius 3 is 2.87 bits per heavy atom. The van der Waals surface area contributed by atoms with Gasteiger partial charge in [-0.3, -0.25) is 0 Å². The summed E-state index contributed by atoms with van der Waals surface area (Å²) in [4.78, 5) is 0. The Morgan fingerprint density at radius 1 is 1.53 bits per heavy atom. The van der Waals surface area contributed by atoms with Crippen molar-refractivity contribution in [1.29, 1.82) is 0 Å². The minimum atomic E-state index is -0.832. The molecule has 0 aliphatic heterocycles. The van der Waals surface area contributed by atoms with Crippen LogP contribution in [0, 0.1) is 5.82 Å². The molecule has 0 radical (unpaired) electrons. The second-order valence-electron chi connectivity index (χ2n) is 3.07. The number of anilines is 1. The lowest BCUT2D eigenvalue weighted by Gasteiger charge is -2.11. The van der Waals surface area contributed by atoms with Gasteiger partial charge in [-0.2, -0.15) is 0 Å². The number of ether oxygens (including phenoxy) is 1. The number of hydrogen-bond acceptors (Lipinski definition) is 4. The Hall–Kier alpha value is -1.33. The largest absolute Gasteiger partial charge is 0.494 e. The SMILES string of the molecule is COc1cc(NC[C@H](O)CO)ccc1F. The smallest absolute Gasteiger partial charge is 0.165 e. The van der Waals surface area contributed by atoms with Crippen LogP contribution >= 0.6 is 0 Å². The first-order valence-corrected chi connectivity index (χ1v) is 4.53. The van der Waals surface area contributed by atoms with E-state index in [0.717, 1.165) is 0 Å². The van der Waals surface area contributed by atoms with Crippen molar-refractivity contribution in [3.63, 3.8) is 0 Å².